The SMILES string of the molecule is CNc1ncc(-c2nc3cccc(OC)c3o2)c2cc(NC(=O)C3CC3)ncc12. The predicted molar refractivity (Wildman–Crippen MR) is 110 cm³/mol. The van der Waals surface area contributed by atoms with Gasteiger partial charge in [-0.2, -0.15) is 0 Å². The van der Waals surface area contributed by atoms with Crippen LogP contribution in [0.5, 0.6) is 5.75 Å². The zero-order chi connectivity index (χ0) is 20.0. The predicted octanol–water partition coefficient (Wildman–Crippen LogP) is 3.84. The molecule has 0 unspecified atom stereocenters. The molecule has 1 fully saturated rings. The Hall–Kier alpha value is -3.68. The smallest absolute Gasteiger partial charge is 0.229 e. The van der Waals surface area contributed by atoms with Crippen molar-refractivity contribution in [1.82, 2.24) is 15.0 Å². The first kappa shape index (κ1) is 17.4. The van der Waals surface area contributed by atoms with E-state index in [9.17, 15) is 4.79 Å². The summed E-state index contributed by atoms with van der Waals surface area (Å²) >= 11 is 0. The number of fused-ring (bicyclic) bond motifs is 2. The van der Waals surface area contributed by atoms with Crippen molar-refractivity contribution in [3.63, 3.8) is 0 Å². The molecule has 1 amide bonds. The van der Waals surface area contributed by atoms with Crippen molar-refractivity contribution in [2.45, 2.75) is 12.8 Å². The van der Waals surface area contributed by atoms with Crippen molar-refractivity contribution >= 4 is 39.4 Å². The molecule has 0 spiro atoms. The minimum absolute atomic E-state index is 0.00731. The number of para-hydroxylation sites is 1. The number of nitrogens with one attached hydrogen (secondary N) is 2. The fraction of sp³-hybridized carbons (Fsp3) is 0.238. The van der Waals surface area contributed by atoms with Gasteiger partial charge in [0, 0.05) is 36.1 Å². The average Bonchev–Trinajstić information content (AvgIpc) is 3.51. The molecule has 3 aromatic heterocycles. The number of oxazole rings is 1. The minimum atomic E-state index is 0.00731. The van der Waals surface area contributed by atoms with Crippen molar-refractivity contribution in [2.24, 2.45) is 5.92 Å². The highest BCUT2D eigenvalue weighted by Crippen LogP contribution is 2.36. The van der Waals surface area contributed by atoms with Gasteiger partial charge in [-0.3, -0.25) is 4.79 Å². The molecule has 1 aliphatic rings. The van der Waals surface area contributed by atoms with E-state index in [-0.39, 0.29) is 11.8 Å². The standard InChI is InChI=1S/C21H19N5O3/c1-22-19-13-9-23-17(26-20(27)11-6-7-11)8-12(13)14(10-24-19)21-25-15-4-3-5-16(28-2)18(15)29-21/h3-5,8-11H,6-7H2,1-2H3,(H,22,24)(H,23,26,27). The van der Waals surface area contributed by atoms with Crippen LogP contribution in [0.1, 0.15) is 12.8 Å². The van der Waals surface area contributed by atoms with Crippen LogP contribution < -0.4 is 15.4 Å². The highest BCUT2D eigenvalue weighted by molar-refractivity contribution is 6.03. The van der Waals surface area contributed by atoms with Gasteiger partial charge < -0.3 is 19.8 Å². The van der Waals surface area contributed by atoms with Crippen molar-refractivity contribution in [3.8, 4) is 17.2 Å². The number of anilines is 2. The second kappa shape index (κ2) is 6.73. The molecule has 1 aliphatic carbocycles. The van der Waals surface area contributed by atoms with Gasteiger partial charge in [0.25, 0.3) is 0 Å². The second-order valence-corrected chi connectivity index (χ2v) is 6.98. The first-order valence-electron chi connectivity index (χ1n) is 9.39. The summed E-state index contributed by atoms with van der Waals surface area (Å²) in [6.07, 6.45) is 5.27. The molecular weight excluding hydrogens is 370 g/mol. The summed E-state index contributed by atoms with van der Waals surface area (Å²) < 4.78 is 11.4. The highest BCUT2D eigenvalue weighted by Gasteiger charge is 2.30. The third kappa shape index (κ3) is 3.02. The summed E-state index contributed by atoms with van der Waals surface area (Å²) in [5, 5.41) is 7.61. The molecule has 0 radical (unpaired) electrons. The lowest BCUT2D eigenvalue weighted by Crippen LogP contribution is -2.14. The Morgan fingerprint density at radius 3 is 2.83 bits per heavy atom. The zero-order valence-electron chi connectivity index (χ0n) is 16.0. The monoisotopic (exact) mass is 389 g/mol. The molecule has 0 saturated heterocycles. The molecule has 4 aromatic rings. The summed E-state index contributed by atoms with van der Waals surface area (Å²) in [6, 6.07) is 7.39. The molecule has 0 bridgehead atoms. The summed E-state index contributed by atoms with van der Waals surface area (Å²) in [6.45, 7) is 0. The molecule has 146 valence electrons. The van der Waals surface area contributed by atoms with Crippen LogP contribution in [0.15, 0.2) is 41.1 Å². The molecular formula is C21H19N5O3. The topological polar surface area (TPSA) is 102 Å². The van der Waals surface area contributed by atoms with Crippen LogP contribution in [0, 0.1) is 5.92 Å². The molecule has 0 aliphatic heterocycles. The highest BCUT2D eigenvalue weighted by atomic mass is 16.5. The number of ether oxygens (including phenoxy) is 1. The van der Waals surface area contributed by atoms with Gasteiger partial charge in [0.1, 0.15) is 17.2 Å². The van der Waals surface area contributed by atoms with Gasteiger partial charge in [-0.15, -0.1) is 0 Å². The van der Waals surface area contributed by atoms with E-state index in [2.05, 4.69) is 25.6 Å². The van der Waals surface area contributed by atoms with Crippen LogP contribution in [0.25, 0.3) is 33.3 Å². The lowest BCUT2D eigenvalue weighted by atomic mass is 10.1. The largest absolute Gasteiger partial charge is 0.493 e. The Morgan fingerprint density at radius 1 is 1.21 bits per heavy atom. The molecule has 0 atom stereocenters. The van der Waals surface area contributed by atoms with E-state index in [1.807, 2.05) is 24.3 Å². The van der Waals surface area contributed by atoms with Gasteiger partial charge in [-0.05, 0) is 31.0 Å². The Bertz CT molecular complexity index is 1250. The number of nitrogens with zero attached hydrogens (tertiary/aromatic N) is 3. The van der Waals surface area contributed by atoms with E-state index >= 15 is 0 Å². The van der Waals surface area contributed by atoms with Gasteiger partial charge in [0.2, 0.25) is 11.8 Å². The van der Waals surface area contributed by atoms with E-state index in [1.165, 1.54) is 0 Å². The molecule has 1 saturated carbocycles. The number of hydrogen-bond donors (Lipinski definition) is 2. The number of benzene rings is 1. The van der Waals surface area contributed by atoms with Crippen LogP contribution in [-0.4, -0.2) is 35.0 Å². The molecule has 8 heteroatoms. The molecule has 3 heterocycles. The number of methoxy groups -OCH3 is 1. The average molecular weight is 389 g/mol. The Kier molecular flexibility index (Phi) is 4.04. The minimum Gasteiger partial charge on any atom is -0.493 e. The number of aromatic nitrogens is 3. The van der Waals surface area contributed by atoms with E-state index in [1.54, 1.807) is 26.6 Å². The number of carbonyl (C=O) groups is 1. The van der Waals surface area contributed by atoms with E-state index in [0.29, 0.717) is 39.9 Å². The zero-order valence-corrected chi connectivity index (χ0v) is 16.0. The first-order chi connectivity index (χ1) is 14.2. The summed E-state index contributed by atoms with van der Waals surface area (Å²) in [5.74, 6) is 2.33. The maximum atomic E-state index is 12.2. The molecule has 5 rings (SSSR count). The van der Waals surface area contributed by atoms with Crippen molar-refractivity contribution in [1.29, 1.82) is 0 Å². The number of hydrogen-bond acceptors (Lipinski definition) is 7. The summed E-state index contributed by atoms with van der Waals surface area (Å²) in [5.41, 5.74) is 1.98. The van der Waals surface area contributed by atoms with Crippen molar-refractivity contribution in [2.75, 3.05) is 24.8 Å². The lowest BCUT2D eigenvalue weighted by Gasteiger charge is -2.10. The maximum Gasteiger partial charge on any atom is 0.229 e. The van der Waals surface area contributed by atoms with E-state index < -0.39 is 0 Å². The third-order valence-corrected chi connectivity index (χ3v) is 5.04. The Morgan fingerprint density at radius 2 is 2.07 bits per heavy atom. The maximum absolute atomic E-state index is 12.2. The molecule has 8 nitrogen and oxygen atoms in total. The number of rotatable bonds is 5. The van der Waals surface area contributed by atoms with Crippen molar-refractivity contribution in [3.05, 3.63) is 36.7 Å². The number of carbonyl (C=O) groups excluding carboxylic acids is 1. The third-order valence-electron chi connectivity index (χ3n) is 5.04. The van der Waals surface area contributed by atoms with Gasteiger partial charge in [-0.1, -0.05) is 6.07 Å². The fourth-order valence-corrected chi connectivity index (χ4v) is 3.35. The Labute approximate surface area is 166 Å². The summed E-state index contributed by atoms with van der Waals surface area (Å²) in [7, 11) is 3.39. The normalized spacial score (nSPS) is 13.6. The Balaban J connectivity index is 1.67. The van der Waals surface area contributed by atoms with Gasteiger partial charge in [0.15, 0.2) is 11.3 Å². The second-order valence-electron chi connectivity index (χ2n) is 6.98. The molecule has 29 heavy (non-hydrogen) atoms. The van der Waals surface area contributed by atoms with Crippen LogP contribution in [0.3, 0.4) is 0 Å². The first-order valence-corrected chi connectivity index (χ1v) is 9.39. The lowest BCUT2D eigenvalue weighted by molar-refractivity contribution is -0.117. The van der Waals surface area contributed by atoms with E-state index in [4.69, 9.17) is 9.15 Å². The van der Waals surface area contributed by atoms with Gasteiger partial charge in [0.05, 0.1) is 12.7 Å². The van der Waals surface area contributed by atoms with Crippen LogP contribution in [0.2, 0.25) is 0 Å². The van der Waals surface area contributed by atoms with Crippen LogP contribution in [-0.2, 0) is 4.79 Å². The number of amides is 1. The quantitative estimate of drug-likeness (QED) is 0.535. The molecule has 2 N–H and O–H groups in total. The van der Waals surface area contributed by atoms with Crippen LogP contribution in [0.4, 0.5) is 11.6 Å². The fourth-order valence-electron chi connectivity index (χ4n) is 3.35. The summed E-state index contributed by atoms with van der Waals surface area (Å²) in [4.78, 5) is 25.6. The van der Waals surface area contributed by atoms with Crippen LogP contribution >= 0.6 is 0 Å². The molecule has 1 aromatic carbocycles. The van der Waals surface area contributed by atoms with Gasteiger partial charge >= 0.3 is 0 Å². The van der Waals surface area contributed by atoms with Crippen molar-refractivity contribution < 1.29 is 13.9 Å². The van der Waals surface area contributed by atoms with Gasteiger partial charge in [-0.25, -0.2) is 15.0 Å². The van der Waals surface area contributed by atoms with E-state index in [0.717, 1.165) is 23.6 Å². The number of pyridine rings is 2.